The number of hydrogen-bond donors (Lipinski definition) is 1. The van der Waals surface area contributed by atoms with E-state index < -0.39 is 0 Å². The Morgan fingerprint density at radius 3 is 2.74 bits per heavy atom. The number of benzene rings is 2. The van der Waals surface area contributed by atoms with E-state index in [2.05, 4.69) is 10.3 Å². The minimum atomic E-state index is -0.298. The Kier molecular flexibility index (Phi) is 4.60. The van der Waals surface area contributed by atoms with Gasteiger partial charge in [0.25, 0.3) is 5.91 Å². The van der Waals surface area contributed by atoms with Crippen molar-refractivity contribution in [2.24, 2.45) is 0 Å². The number of ether oxygens (including phenoxy) is 1. The van der Waals surface area contributed by atoms with Crippen molar-refractivity contribution < 1.29 is 14.3 Å². The third-order valence-electron chi connectivity index (χ3n) is 4.20. The van der Waals surface area contributed by atoms with Gasteiger partial charge >= 0.3 is 0 Å². The lowest BCUT2D eigenvalue weighted by Gasteiger charge is -2.28. The molecule has 0 bridgehead atoms. The SMILES string of the molecule is Cc1sc(NC(=O)CN2C(=O)COc3ccccc32)nc1-c1ccccc1. The fourth-order valence-electron chi connectivity index (χ4n) is 2.94. The number of nitrogens with one attached hydrogen (secondary N) is 1. The molecule has 136 valence electrons. The number of hydrogen-bond acceptors (Lipinski definition) is 5. The van der Waals surface area contributed by atoms with Crippen LogP contribution >= 0.6 is 11.3 Å². The maximum absolute atomic E-state index is 12.5. The first kappa shape index (κ1) is 17.2. The second-order valence-corrected chi connectivity index (χ2v) is 7.28. The Balaban J connectivity index is 1.50. The molecule has 2 aromatic carbocycles. The van der Waals surface area contributed by atoms with Crippen LogP contribution in [0, 0.1) is 6.92 Å². The van der Waals surface area contributed by atoms with Gasteiger partial charge in [-0.1, -0.05) is 42.5 Å². The lowest BCUT2D eigenvalue weighted by Crippen LogP contribution is -2.43. The van der Waals surface area contributed by atoms with E-state index in [1.807, 2.05) is 49.4 Å². The zero-order valence-corrected chi connectivity index (χ0v) is 15.5. The van der Waals surface area contributed by atoms with Gasteiger partial charge in [0.2, 0.25) is 5.91 Å². The molecule has 1 N–H and O–H groups in total. The molecule has 0 spiro atoms. The molecule has 4 rings (SSSR count). The van der Waals surface area contributed by atoms with E-state index in [1.54, 1.807) is 12.1 Å². The molecule has 1 aliphatic heterocycles. The second-order valence-electron chi connectivity index (χ2n) is 6.07. The smallest absolute Gasteiger partial charge is 0.265 e. The lowest BCUT2D eigenvalue weighted by molar-refractivity contribution is -0.123. The van der Waals surface area contributed by atoms with Crippen LogP contribution in [0.4, 0.5) is 10.8 Å². The van der Waals surface area contributed by atoms with Crippen LogP contribution in [0.5, 0.6) is 5.75 Å². The molecule has 1 aliphatic rings. The van der Waals surface area contributed by atoms with Crippen LogP contribution in [0.15, 0.2) is 54.6 Å². The molecule has 2 heterocycles. The molecule has 2 amide bonds. The fraction of sp³-hybridized carbons (Fsp3) is 0.150. The Hall–Kier alpha value is -3.19. The summed E-state index contributed by atoms with van der Waals surface area (Å²) in [5.74, 6) is 0.0546. The third kappa shape index (κ3) is 3.54. The van der Waals surface area contributed by atoms with E-state index in [9.17, 15) is 9.59 Å². The lowest BCUT2D eigenvalue weighted by atomic mass is 10.1. The number of aryl methyl sites for hydroxylation is 1. The molecular weight excluding hydrogens is 362 g/mol. The van der Waals surface area contributed by atoms with Gasteiger partial charge in [-0.05, 0) is 19.1 Å². The number of rotatable bonds is 4. The van der Waals surface area contributed by atoms with Crippen molar-refractivity contribution >= 4 is 34.0 Å². The molecule has 6 nitrogen and oxygen atoms in total. The summed E-state index contributed by atoms with van der Waals surface area (Å²) < 4.78 is 5.40. The van der Waals surface area contributed by atoms with Crippen LogP contribution in [-0.2, 0) is 9.59 Å². The molecule has 27 heavy (non-hydrogen) atoms. The van der Waals surface area contributed by atoms with E-state index in [-0.39, 0.29) is 25.0 Å². The second kappa shape index (κ2) is 7.20. The third-order valence-corrected chi connectivity index (χ3v) is 5.09. The minimum absolute atomic E-state index is 0.0706. The summed E-state index contributed by atoms with van der Waals surface area (Å²) in [6.07, 6.45) is 0. The summed E-state index contributed by atoms with van der Waals surface area (Å²) in [5.41, 5.74) is 2.46. The van der Waals surface area contributed by atoms with E-state index in [0.717, 1.165) is 16.1 Å². The molecule has 0 atom stereocenters. The van der Waals surface area contributed by atoms with Crippen LogP contribution in [0.2, 0.25) is 0 Å². The highest BCUT2D eigenvalue weighted by molar-refractivity contribution is 7.16. The minimum Gasteiger partial charge on any atom is -0.482 e. The van der Waals surface area contributed by atoms with Crippen molar-refractivity contribution in [1.82, 2.24) is 4.98 Å². The molecule has 1 aromatic heterocycles. The maximum atomic E-state index is 12.5. The zero-order chi connectivity index (χ0) is 18.8. The maximum Gasteiger partial charge on any atom is 0.265 e. The normalized spacial score (nSPS) is 13.1. The highest BCUT2D eigenvalue weighted by atomic mass is 32.1. The van der Waals surface area contributed by atoms with Crippen molar-refractivity contribution in [3.05, 3.63) is 59.5 Å². The summed E-state index contributed by atoms with van der Waals surface area (Å²) in [6.45, 7) is 1.81. The van der Waals surface area contributed by atoms with Crippen LogP contribution in [0.25, 0.3) is 11.3 Å². The zero-order valence-electron chi connectivity index (χ0n) is 14.6. The number of fused-ring (bicyclic) bond motifs is 1. The van der Waals surface area contributed by atoms with Crippen molar-refractivity contribution in [2.45, 2.75) is 6.92 Å². The number of thiazole rings is 1. The standard InChI is InChI=1S/C20H17N3O3S/c1-13-19(14-7-3-2-4-8-14)22-20(27-13)21-17(24)11-23-15-9-5-6-10-16(15)26-12-18(23)25/h2-10H,11-12H2,1H3,(H,21,22,24). The van der Waals surface area contributed by atoms with Gasteiger partial charge in [-0.3, -0.25) is 14.5 Å². The highest BCUT2D eigenvalue weighted by Crippen LogP contribution is 2.32. The average Bonchev–Trinajstić information content (AvgIpc) is 3.05. The first-order valence-corrected chi connectivity index (χ1v) is 9.28. The molecule has 0 unspecified atom stereocenters. The van der Waals surface area contributed by atoms with Gasteiger partial charge in [-0.15, -0.1) is 11.3 Å². The van der Waals surface area contributed by atoms with Crippen LogP contribution in [0.1, 0.15) is 4.88 Å². The van der Waals surface area contributed by atoms with Crippen LogP contribution in [0.3, 0.4) is 0 Å². The van der Waals surface area contributed by atoms with E-state index in [1.165, 1.54) is 16.2 Å². The van der Waals surface area contributed by atoms with Crippen molar-refractivity contribution in [2.75, 3.05) is 23.4 Å². The van der Waals surface area contributed by atoms with Gasteiger partial charge in [0.1, 0.15) is 12.3 Å². The number of aromatic nitrogens is 1. The Labute approximate surface area is 160 Å². The predicted molar refractivity (Wildman–Crippen MR) is 105 cm³/mol. The molecular formula is C20H17N3O3S. The average molecular weight is 379 g/mol. The quantitative estimate of drug-likeness (QED) is 0.753. The molecule has 0 radical (unpaired) electrons. The number of carbonyl (C=O) groups is 2. The predicted octanol–water partition coefficient (Wildman–Crippen LogP) is 3.48. The molecule has 3 aromatic rings. The number of anilines is 2. The van der Waals surface area contributed by atoms with E-state index in [0.29, 0.717) is 16.6 Å². The fourth-order valence-corrected chi connectivity index (χ4v) is 3.80. The number of amides is 2. The summed E-state index contributed by atoms with van der Waals surface area (Å²) in [6, 6.07) is 17.0. The molecule has 0 aliphatic carbocycles. The summed E-state index contributed by atoms with van der Waals surface area (Å²) >= 11 is 1.41. The van der Waals surface area contributed by atoms with Gasteiger partial charge in [0, 0.05) is 10.4 Å². The van der Waals surface area contributed by atoms with Crippen LogP contribution in [-0.4, -0.2) is 29.9 Å². The largest absolute Gasteiger partial charge is 0.482 e. The number of carbonyl (C=O) groups excluding carboxylic acids is 2. The van der Waals surface area contributed by atoms with E-state index >= 15 is 0 Å². The van der Waals surface area contributed by atoms with Crippen molar-refractivity contribution in [3.8, 4) is 17.0 Å². The summed E-state index contributed by atoms with van der Waals surface area (Å²) in [5, 5.41) is 3.32. The molecule has 0 fully saturated rings. The van der Waals surface area contributed by atoms with Gasteiger partial charge in [-0.25, -0.2) is 4.98 Å². The molecule has 0 saturated heterocycles. The highest BCUT2D eigenvalue weighted by Gasteiger charge is 2.27. The van der Waals surface area contributed by atoms with Gasteiger partial charge < -0.3 is 10.1 Å². The Morgan fingerprint density at radius 2 is 1.93 bits per heavy atom. The van der Waals surface area contributed by atoms with Gasteiger partial charge in [-0.2, -0.15) is 0 Å². The first-order valence-electron chi connectivity index (χ1n) is 8.47. The molecule has 7 heteroatoms. The molecule has 0 saturated carbocycles. The number of para-hydroxylation sites is 2. The van der Waals surface area contributed by atoms with E-state index in [4.69, 9.17) is 4.74 Å². The van der Waals surface area contributed by atoms with Gasteiger partial charge in [0.05, 0.1) is 11.4 Å². The first-order chi connectivity index (χ1) is 13.1. The summed E-state index contributed by atoms with van der Waals surface area (Å²) in [7, 11) is 0. The van der Waals surface area contributed by atoms with Crippen LogP contribution < -0.4 is 15.0 Å². The number of nitrogens with zero attached hydrogens (tertiary/aromatic N) is 2. The van der Waals surface area contributed by atoms with Gasteiger partial charge in [0.15, 0.2) is 11.7 Å². The van der Waals surface area contributed by atoms with Crippen molar-refractivity contribution in [3.63, 3.8) is 0 Å². The van der Waals surface area contributed by atoms with Crippen molar-refractivity contribution in [1.29, 1.82) is 0 Å². The monoisotopic (exact) mass is 379 g/mol. The Morgan fingerprint density at radius 1 is 1.19 bits per heavy atom. The summed E-state index contributed by atoms with van der Waals surface area (Å²) in [4.78, 5) is 31.7. The topological polar surface area (TPSA) is 71.5 Å². The Bertz CT molecular complexity index is 1000.